The number of nitrogens with zero attached hydrogens (tertiary/aromatic N) is 5. The van der Waals surface area contributed by atoms with Crippen LogP contribution in [0.3, 0.4) is 0 Å². The standard InChI is InChI=1S/C30H33BrN8O2/c1-19-16-21(8-10-27(19)41-28-23(6-5-13-33-28)24-11-14-34-29(32-2)36-24)35-30(40)37-25-17-20(31)7-9-26(25)39(4)22-12-15-38(3)18-22/h5-11,13-14,16-17,22H,12,15,18H2,1-4H3,(H,32,34,36)(H2,35,37,40)/t22-/m0/s1. The molecule has 0 spiro atoms. The Balaban J connectivity index is 1.29. The third-order valence-corrected chi connectivity index (χ3v) is 7.56. The summed E-state index contributed by atoms with van der Waals surface area (Å²) in [6.07, 6.45) is 4.44. The van der Waals surface area contributed by atoms with E-state index in [0.717, 1.165) is 46.5 Å². The van der Waals surface area contributed by atoms with Gasteiger partial charge in [-0.3, -0.25) is 0 Å². The Morgan fingerprint density at radius 1 is 1.10 bits per heavy atom. The van der Waals surface area contributed by atoms with Crippen LogP contribution in [0, 0.1) is 6.92 Å². The molecule has 1 atom stereocenters. The van der Waals surface area contributed by atoms with E-state index >= 15 is 0 Å². The first-order chi connectivity index (χ1) is 19.8. The van der Waals surface area contributed by atoms with Gasteiger partial charge in [-0.1, -0.05) is 15.9 Å². The maximum absolute atomic E-state index is 13.1. The largest absolute Gasteiger partial charge is 0.438 e. The minimum atomic E-state index is -0.328. The lowest BCUT2D eigenvalue weighted by atomic mass is 10.1. The van der Waals surface area contributed by atoms with Gasteiger partial charge < -0.3 is 30.5 Å². The van der Waals surface area contributed by atoms with Crippen molar-refractivity contribution in [3.63, 3.8) is 0 Å². The molecule has 2 aromatic carbocycles. The van der Waals surface area contributed by atoms with Crippen LogP contribution >= 0.6 is 15.9 Å². The summed E-state index contributed by atoms with van der Waals surface area (Å²) in [5.41, 5.74) is 4.63. The number of hydrogen-bond donors (Lipinski definition) is 3. The van der Waals surface area contributed by atoms with E-state index in [1.807, 2.05) is 55.5 Å². The van der Waals surface area contributed by atoms with Crippen molar-refractivity contribution in [3.8, 4) is 22.9 Å². The SMILES string of the molecule is CNc1nccc(-c2cccnc2Oc2ccc(NC(=O)Nc3cc(Br)ccc3N(C)[C@H]3CCN(C)C3)cc2C)n1. The number of aryl methyl sites for hydroxylation is 1. The quantitative estimate of drug-likeness (QED) is 0.214. The molecule has 10 nitrogen and oxygen atoms in total. The van der Waals surface area contributed by atoms with Gasteiger partial charge >= 0.3 is 6.03 Å². The summed E-state index contributed by atoms with van der Waals surface area (Å²) < 4.78 is 7.09. The van der Waals surface area contributed by atoms with Crippen LogP contribution in [-0.2, 0) is 0 Å². The Hall–Kier alpha value is -4.22. The zero-order valence-electron chi connectivity index (χ0n) is 23.5. The molecule has 1 aliphatic heterocycles. The van der Waals surface area contributed by atoms with Crippen molar-refractivity contribution in [1.29, 1.82) is 0 Å². The van der Waals surface area contributed by atoms with E-state index < -0.39 is 0 Å². The van der Waals surface area contributed by atoms with Crippen molar-refractivity contribution in [2.45, 2.75) is 19.4 Å². The minimum Gasteiger partial charge on any atom is -0.438 e. The van der Waals surface area contributed by atoms with Gasteiger partial charge in [0, 0.05) is 49.2 Å². The molecule has 212 valence electrons. The van der Waals surface area contributed by atoms with E-state index in [1.54, 1.807) is 25.5 Å². The van der Waals surface area contributed by atoms with Gasteiger partial charge in [-0.2, -0.15) is 0 Å². The molecule has 0 unspecified atom stereocenters. The van der Waals surface area contributed by atoms with E-state index in [2.05, 4.69) is 70.7 Å². The first-order valence-corrected chi connectivity index (χ1v) is 14.1. The maximum atomic E-state index is 13.1. The average Bonchev–Trinajstić information content (AvgIpc) is 3.40. The molecule has 3 heterocycles. The molecule has 0 saturated carbocycles. The molecule has 0 bridgehead atoms. The number of pyridine rings is 1. The molecule has 1 saturated heterocycles. The van der Waals surface area contributed by atoms with Crippen LogP contribution in [0.15, 0.2) is 71.5 Å². The van der Waals surface area contributed by atoms with E-state index in [4.69, 9.17) is 4.74 Å². The zero-order chi connectivity index (χ0) is 28.9. The van der Waals surface area contributed by atoms with E-state index in [-0.39, 0.29) is 6.03 Å². The third kappa shape index (κ3) is 6.75. The average molecular weight is 618 g/mol. The van der Waals surface area contributed by atoms with Crippen molar-refractivity contribution in [2.24, 2.45) is 0 Å². The zero-order valence-corrected chi connectivity index (χ0v) is 25.1. The fourth-order valence-corrected chi connectivity index (χ4v) is 5.23. The van der Waals surface area contributed by atoms with Crippen molar-refractivity contribution in [3.05, 3.63) is 77.0 Å². The van der Waals surface area contributed by atoms with Crippen LogP contribution in [0.1, 0.15) is 12.0 Å². The maximum Gasteiger partial charge on any atom is 0.323 e. The Bertz CT molecular complexity index is 1550. The van der Waals surface area contributed by atoms with Gasteiger partial charge in [0.25, 0.3) is 0 Å². The number of hydrogen-bond acceptors (Lipinski definition) is 8. The van der Waals surface area contributed by atoms with Crippen LogP contribution in [0.4, 0.5) is 27.8 Å². The van der Waals surface area contributed by atoms with Gasteiger partial charge in [0.2, 0.25) is 11.8 Å². The summed E-state index contributed by atoms with van der Waals surface area (Å²) in [6.45, 7) is 3.97. The predicted molar refractivity (Wildman–Crippen MR) is 167 cm³/mol. The lowest BCUT2D eigenvalue weighted by Crippen LogP contribution is -2.34. The minimum absolute atomic E-state index is 0.328. The second-order valence-electron chi connectivity index (χ2n) is 10.0. The number of carbonyl (C=O) groups excluding carboxylic acids is 1. The first kappa shape index (κ1) is 28.3. The van der Waals surface area contributed by atoms with Crippen molar-refractivity contribution < 1.29 is 9.53 Å². The highest BCUT2D eigenvalue weighted by Gasteiger charge is 2.25. The molecular weight excluding hydrogens is 584 g/mol. The number of aromatic nitrogens is 3. The molecule has 1 fully saturated rings. The van der Waals surface area contributed by atoms with E-state index in [0.29, 0.717) is 35.0 Å². The Kier molecular flexibility index (Phi) is 8.65. The van der Waals surface area contributed by atoms with Crippen molar-refractivity contribution in [2.75, 3.05) is 55.1 Å². The second-order valence-corrected chi connectivity index (χ2v) is 10.9. The predicted octanol–water partition coefficient (Wildman–Crippen LogP) is 6.23. The molecule has 0 aliphatic carbocycles. The lowest BCUT2D eigenvalue weighted by Gasteiger charge is -2.29. The van der Waals surface area contributed by atoms with Crippen LogP contribution in [0.5, 0.6) is 11.6 Å². The molecule has 5 rings (SSSR count). The highest BCUT2D eigenvalue weighted by Crippen LogP contribution is 2.34. The van der Waals surface area contributed by atoms with Crippen LogP contribution in [0.2, 0.25) is 0 Å². The Labute approximate surface area is 248 Å². The lowest BCUT2D eigenvalue weighted by molar-refractivity contribution is 0.262. The number of rotatable bonds is 8. The Morgan fingerprint density at radius 2 is 1.95 bits per heavy atom. The molecule has 4 aromatic rings. The topological polar surface area (TPSA) is 108 Å². The third-order valence-electron chi connectivity index (χ3n) is 7.07. The molecule has 2 aromatic heterocycles. The van der Waals surface area contributed by atoms with Crippen LogP contribution in [-0.4, -0.2) is 66.2 Å². The Morgan fingerprint density at radius 3 is 2.71 bits per heavy atom. The number of carbonyl (C=O) groups is 1. The van der Waals surface area contributed by atoms with Crippen molar-refractivity contribution >= 4 is 45.0 Å². The normalized spacial score (nSPS) is 14.9. The first-order valence-electron chi connectivity index (χ1n) is 13.3. The monoisotopic (exact) mass is 616 g/mol. The van der Waals surface area contributed by atoms with Gasteiger partial charge in [-0.25, -0.2) is 19.7 Å². The number of halogens is 1. The molecule has 41 heavy (non-hydrogen) atoms. The molecule has 3 N–H and O–H groups in total. The number of urea groups is 1. The highest BCUT2D eigenvalue weighted by atomic mass is 79.9. The number of anilines is 4. The molecule has 11 heteroatoms. The molecule has 0 radical (unpaired) electrons. The number of ether oxygens (including phenoxy) is 1. The number of nitrogens with one attached hydrogen (secondary N) is 3. The number of likely N-dealkylation sites (tertiary alicyclic amines) is 1. The van der Waals surface area contributed by atoms with E-state index in [1.165, 1.54) is 0 Å². The molecule has 2 amide bonds. The van der Waals surface area contributed by atoms with Crippen molar-refractivity contribution in [1.82, 2.24) is 19.9 Å². The smallest absolute Gasteiger partial charge is 0.323 e. The van der Waals surface area contributed by atoms with Gasteiger partial charge in [0.1, 0.15) is 5.75 Å². The van der Waals surface area contributed by atoms with Gasteiger partial charge in [0.05, 0.1) is 22.6 Å². The summed E-state index contributed by atoms with van der Waals surface area (Å²) in [5, 5.41) is 8.93. The van der Waals surface area contributed by atoms with Gasteiger partial charge in [0.15, 0.2) is 0 Å². The summed E-state index contributed by atoms with van der Waals surface area (Å²) in [7, 11) is 5.98. The number of amides is 2. The van der Waals surface area contributed by atoms with Crippen LogP contribution < -0.4 is 25.6 Å². The summed E-state index contributed by atoms with van der Waals surface area (Å²) in [4.78, 5) is 30.7. The summed E-state index contributed by atoms with van der Waals surface area (Å²) in [6, 6.07) is 17.0. The fraction of sp³-hybridized carbons (Fsp3) is 0.267. The number of likely N-dealkylation sites (N-methyl/N-ethyl adjacent to an activating group) is 2. The van der Waals surface area contributed by atoms with Gasteiger partial charge in [-0.15, -0.1) is 0 Å². The second kappa shape index (κ2) is 12.5. The summed E-state index contributed by atoms with van der Waals surface area (Å²) in [5.74, 6) is 1.56. The summed E-state index contributed by atoms with van der Waals surface area (Å²) >= 11 is 3.54. The van der Waals surface area contributed by atoms with Crippen LogP contribution in [0.25, 0.3) is 11.3 Å². The molecular formula is C30H33BrN8O2. The fourth-order valence-electron chi connectivity index (χ4n) is 4.87. The molecule has 1 aliphatic rings. The van der Waals surface area contributed by atoms with E-state index in [9.17, 15) is 4.79 Å². The highest BCUT2D eigenvalue weighted by molar-refractivity contribution is 9.10. The number of benzene rings is 2. The van der Waals surface area contributed by atoms with Gasteiger partial charge in [-0.05, 0) is 87.1 Å².